The van der Waals surface area contributed by atoms with Crippen molar-refractivity contribution in [3.8, 4) is 0 Å². The van der Waals surface area contributed by atoms with Gasteiger partial charge in [-0.3, -0.25) is 9.59 Å². The highest BCUT2D eigenvalue weighted by molar-refractivity contribution is 5.98. The SMILES string of the molecule is CN(C(=O)c1ncn2c1CN(C(=O)c1cc3ccccc3[nH]1)CC2)C1(c2ncc(C(=O)O)cn2)CC1. The zero-order valence-electron chi connectivity index (χ0n) is 19.5. The molecule has 36 heavy (non-hydrogen) atoms. The van der Waals surface area contributed by atoms with E-state index >= 15 is 0 Å². The Morgan fingerprint density at radius 1 is 1.08 bits per heavy atom. The summed E-state index contributed by atoms with van der Waals surface area (Å²) in [6.07, 6.45) is 5.49. The van der Waals surface area contributed by atoms with Gasteiger partial charge in [-0.05, 0) is 25.0 Å². The Kier molecular flexibility index (Phi) is 4.88. The van der Waals surface area contributed by atoms with Gasteiger partial charge in [-0.15, -0.1) is 0 Å². The number of nitrogens with zero attached hydrogens (tertiary/aromatic N) is 6. The van der Waals surface area contributed by atoms with E-state index in [1.807, 2.05) is 34.9 Å². The first kappa shape index (κ1) is 22.0. The topological polar surface area (TPSA) is 137 Å². The van der Waals surface area contributed by atoms with E-state index in [-0.39, 0.29) is 23.9 Å². The van der Waals surface area contributed by atoms with Crippen LogP contribution in [-0.4, -0.2) is 70.8 Å². The Morgan fingerprint density at radius 3 is 2.53 bits per heavy atom. The number of H-pyrrole nitrogens is 1. The summed E-state index contributed by atoms with van der Waals surface area (Å²) >= 11 is 0. The molecule has 182 valence electrons. The number of fused-ring (bicyclic) bond motifs is 2. The molecule has 0 unspecified atom stereocenters. The number of carbonyl (C=O) groups excluding carboxylic acids is 2. The standard InChI is InChI=1S/C25H23N7O4/c1-30(25(6-7-25)24-26-11-16(12-27-24)23(35)36)22(34)20-19-13-31(8-9-32(19)14-28-20)21(33)18-10-15-4-2-3-5-17(15)29-18/h2-5,10-12,14,29H,6-9,13H2,1H3,(H,35,36). The van der Waals surface area contributed by atoms with E-state index in [0.717, 1.165) is 10.9 Å². The van der Waals surface area contributed by atoms with Gasteiger partial charge in [0.25, 0.3) is 11.8 Å². The third-order valence-corrected chi connectivity index (χ3v) is 7.13. The summed E-state index contributed by atoms with van der Waals surface area (Å²) in [5, 5.41) is 10.1. The number of hydrogen-bond acceptors (Lipinski definition) is 6. The highest BCUT2D eigenvalue weighted by Crippen LogP contribution is 2.49. The maximum Gasteiger partial charge on any atom is 0.338 e. The smallest absolute Gasteiger partial charge is 0.338 e. The fourth-order valence-electron chi connectivity index (χ4n) is 4.82. The number of rotatable bonds is 5. The van der Waals surface area contributed by atoms with Gasteiger partial charge in [0, 0.05) is 43.4 Å². The van der Waals surface area contributed by atoms with Crippen molar-refractivity contribution in [3.05, 3.63) is 77.5 Å². The van der Waals surface area contributed by atoms with Crippen molar-refractivity contribution in [3.63, 3.8) is 0 Å². The molecule has 6 rings (SSSR count). The molecule has 0 bridgehead atoms. The molecule has 1 aliphatic carbocycles. The molecule has 0 saturated heterocycles. The summed E-state index contributed by atoms with van der Waals surface area (Å²) < 4.78 is 1.91. The molecule has 2 aliphatic rings. The van der Waals surface area contributed by atoms with Gasteiger partial charge in [0.05, 0.1) is 24.1 Å². The fraction of sp³-hybridized carbons (Fsp3) is 0.280. The number of para-hydroxylation sites is 1. The summed E-state index contributed by atoms with van der Waals surface area (Å²) in [5.74, 6) is -1.11. The van der Waals surface area contributed by atoms with Crippen LogP contribution in [0.4, 0.5) is 0 Å². The molecule has 1 aliphatic heterocycles. The van der Waals surface area contributed by atoms with E-state index in [2.05, 4.69) is 19.9 Å². The van der Waals surface area contributed by atoms with Crippen molar-refractivity contribution >= 4 is 28.7 Å². The molecular formula is C25H23N7O4. The van der Waals surface area contributed by atoms with Crippen LogP contribution in [0.5, 0.6) is 0 Å². The van der Waals surface area contributed by atoms with Crippen molar-refractivity contribution in [2.24, 2.45) is 0 Å². The first-order chi connectivity index (χ1) is 17.4. The Bertz CT molecular complexity index is 1480. The highest BCUT2D eigenvalue weighted by atomic mass is 16.4. The first-order valence-corrected chi connectivity index (χ1v) is 11.6. The van der Waals surface area contributed by atoms with Crippen LogP contribution in [-0.2, 0) is 18.6 Å². The molecule has 0 radical (unpaired) electrons. The monoisotopic (exact) mass is 485 g/mol. The molecule has 2 N–H and O–H groups in total. The van der Waals surface area contributed by atoms with Crippen LogP contribution in [0.15, 0.2) is 49.1 Å². The maximum absolute atomic E-state index is 13.6. The summed E-state index contributed by atoms with van der Waals surface area (Å²) in [4.78, 5) is 57.3. The number of benzene rings is 1. The van der Waals surface area contributed by atoms with Crippen LogP contribution in [0, 0.1) is 0 Å². The number of carboxylic acids is 1. The summed E-state index contributed by atoms with van der Waals surface area (Å²) in [7, 11) is 1.69. The zero-order chi connectivity index (χ0) is 25.0. The zero-order valence-corrected chi connectivity index (χ0v) is 19.5. The summed E-state index contributed by atoms with van der Waals surface area (Å²) in [6, 6.07) is 9.56. The van der Waals surface area contributed by atoms with Crippen LogP contribution in [0.3, 0.4) is 0 Å². The minimum absolute atomic E-state index is 0.00794. The third-order valence-electron chi connectivity index (χ3n) is 7.13. The van der Waals surface area contributed by atoms with Gasteiger partial charge in [0.1, 0.15) is 11.2 Å². The number of amides is 2. The molecule has 1 aromatic carbocycles. The van der Waals surface area contributed by atoms with Crippen molar-refractivity contribution in [2.75, 3.05) is 13.6 Å². The fourth-order valence-corrected chi connectivity index (χ4v) is 4.82. The van der Waals surface area contributed by atoms with E-state index < -0.39 is 11.5 Å². The minimum Gasteiger partial charge on any atom is -0.478 e. The molecule has 11 heteroatoms. The molecule has 0 atom stereocenters. The Labute approximate surface area is 205 Å². The van der Waals surface area contributed by atoms with E-state index in [9.17, 15) is 14.4 Å². The lowest BCUT2D eigenvalue weighted by atomic mass is 10.1. The second kappa shape index (κ2) is 8.01. The number of carboxylic acid groups (broad SMARTS) is 1. The average molecular weight is 486 g/mol. The largest absolute Gasteiger partial charge is 0.478 e. The van der Waals surface area contributed by atoms with Crippen LogP contribution >= 0.6 is 0 Å². The number of aromatic amines is 1. The van der Waals surface area contributed by atoms with Gasteiger partial charge in [-0.1, -0.05) is 18.2 Å². The first-order valence-electron chi connectivity index (χ1n) is 11.6. The van der Waals surface area contributed by atoms with Crippen molar-refractivity contribution in [1.29, 1.82) is 0 Å². The van der Waals surface area contributed by atoms with E-state index in [1.54, 1.807) is 23.2 Å². The van der Waals surface area contributed by atoms with Gasteiger partial charge in [-0.2, -0.15) is 0 Å². The number of aromatic carboxylic acids is 1. The number of hydrogen-bond donors (Lipinski definition) is 2. The molecule has 1 saturated carbocycles. The van der Waals surface area contributed by atoms with E-state index in [1.165, 1.54) is 12.4 Å². The molecular weight excluding hydrogens is 462 g/mol. The second-order valence-corrected chi connectivity index (χ2v) is 9.23. The van der Waals surface area contributed by atoms with Crippen LogP contribution in [0.25, 0.3) is 10.9 Å². The number of nitrogens with one attached hydrogen (secondary N) is 1. The predicted octanol–water partition coefficient (Wildman–Crippen LogP) is 2.27. The summed E-state index contributed by atoms with van der Waals surface area (Å²) in [5.41, 5.74) is 1.67. The van der Waals surface area contributed by atoms with Crippen LogP contribution in [0.2, 0.25) is 0 Å². The quantitative estimate of drug-likeness (QED) is 0.442. The van der Waals surface area contributed by atoms with Gasteiger partial charge in [0.15, 0.2) is 11.5 Å². The molecule has 11 nitrogen and oxygen atoms in total. The molecule has 1 fully saturated rings. The number of imidazole rings is 1. The second-order valence-electron chi connectivity index (χ2n) is 9.23. The van der Waals surface area contributed by atoms with Crippen LogP contribution < -0.4 is 0 Å². The van der Waals surface area contributed by atoms with Gasteiger partial charge in [0.2, 0.25) is 0 Å². The normalized spacial score (nSPS) is 16.0. The lowest BCUT2D eigenvalue weighted by molar-refractivity contribution is 0.0662. The lowest BCUT2D eigenvalue weighted by Crippen LogP contribution is -2.41. The average Bonchev–Trinajstić information content (AvgIpc) is 3.42. The number of carbonyl (C=O) groups is 3. The lowest BCUT2D eigenvalue weighted by Gasteiger charge is -2.30. The molecule has 2 amide bonds. The molecule has 3 aromatic heterocycles. The van der Waals surface area contributed by atoms with Gasteiger partial charge < -0.3 is 24.5 Å². The van der Waals surface area contributed by atoms with Crippen molar-refractivity contribution < 1.29 is 19.5 Å². The number of aromatic nitrogens is 5. The molecule has 4 heterocycles. The highest BCUT2D eigenvalue weighted by Gasteiger charge is 2.53. The Hall–Kier alpha value is -4.54. The summed E-state index contributed by atoms with van der Waals surface area (Å²) in [6.45, 7) is 1.31. The van der Waals surface area contributed by atoms with E-state index in [4.69, 9.17) is 5.11 Å². The van der Waals surface area contributed by atoms with Gasteiger partial charge >= 0.3 is 5.97 Å². The van der Waals surface area contributed by atoms with Gasteiger partial charge in [-0.25, -0.2) is 19.7 Å². The third kappa shape index (κ3) is 3.43. The Morgan fingerprint density at radius 2 is 1.83 bits per heavy atom. The van der Waals surface area contributed by atoms with E-state index in [0.29, 0.717) is 48.8 Å². The van der Waals surface area contributed by atoms with Crippen molar-refractivity contribution in [2.45, 2.75) is 31.5 Å². The Balaban J connectivity index is 1.24. The molecule has 4 aromatic rings. The minimum atomic E-state index is -1.10. The maximum atomic E-state index is 13.6. The van der Waals surface area contributed by atoms with Crippen LogP contribution in [0.1, 0.15) is 55.7 Å². The predicted molar refractivity (Wildman–Crippen MR) is 127 cm³/mol. The van der Waals surface area contributed by atoms with Crippen molar-refractivity contribution in [1.82, 2.24) is 34.3 Å². The molecule has 0 spiro atoms.